The van der Waals surface area contributed by atoms with Crippen LogP contribution in [-0.4, -0.2) is 43.2 Å². The number of phenols is 1. The van der Waals surface area contributed by atoms with Gasteiger partial charge in [0.1, 0.15) is 17.2 Å². The number of carbonyl (C=O) groups excluding carboxylic acids is 1. The van der Waals surface area contributed by atoms with Gasteiger partial charge in [-0.25, -0.2) is 0 Å². The van der Waals surface area contributed by atoms with E-state index in [1.807, 2.05) is 30.3 Å². The molecule has 1 amide bonds. The summed E-state index contributed by atoms with van der Waals surface area (Å²) in [6, 6.07) is 11.2. The van der Waals surface area contributed by atoms with Crippen LogP contribution in [-0.2, 0) is 11.3 Å². The quantitative estimate of drug-likeness (QED) is 0.817. The number of piperidine rings is 1. The Labute approximate surface area is 159 Å². The molecule has 1 saturated heterocycles. The summed E-state index contributed by atoms with van der Waals surface area (Å²) in [6.07, 6.45) is 1.53. The monoisotopic (exact) mass is 370 g/mol. The minimum absolute atomic E-state index is 0.0396. The Morgan fingerprint density at radius 1 is 1.15 bits per heavy atom. The first-order valence-corrected chi connectivity index (χ1v) is 9.07. The van der Waals surface area contributed by atoms with Crippen LogP contribution in [0, 0.1) is 5.92 Å². The van der Waals surface area contributed by atoms with E-state index < -0.39 is 0 Å². The number of hydrogen-bond donors (Lipinski definition) is 2. The largest absolute Gasteiger partial charge is 0.508 e. The van der Waals surface area contributed by atoms with E-state index >= 15 is 0 Å². The summed E-state index contributed by atoms with van der Waals surface area (Å²) in [4.78, 5) is 13.6. The average molecular weight is 370 g/mol. The fourth-order valence-electron chi connectivity index (χ4n) is 3.54. The number of phenolic OH excluding ortho intramolecular Hbond substituents is 1. The molecule has 6 heteroatoms. The van der Waals surface area contributed by atoms with Gasteiger partial charge in [0.25, 0.3) is 0 Å². The summed E-state index contributed by atoms with van der Waals surface area (Å²) in [6.45, 7) is 2.21. The van der Waals surface area contributed by atoms with Gasteiger partial charge in [0.05, 0.1) is 14.2 Å². The van der Waals surface area contributed by atoms with E-state index in [1.165, 1.54) is 0 Å². The van der Waals surface area contributed by atoms with Gasteiger partial charge < -0.3 is 20.3 Å². The molecule has 0 bridgehead atoms. The predicted molar refractivity (Wildman–Crippen MR) is 104 cm³/mol. The lowest BCUT2D eigenvalue weighted by molar-refractivity contribution is -0.123. The smallest absolute Gasteiger partial charge is 0.220 e. The van der Waals surface area contributed by atoms with Crippen molar-refractivity contribution >= 4 is 5.91 Å². The number of carbonyl (C=O) groups is 1. The topological polar surface area (TPSA) is 85.0 Å². The molecule has 144 valence electrons. The van der Waals surface area contributed by atoms with Crippen LogP contribution in [0.2, 0.25) is 0 Å². The molecular weight excluding hydrogens is 344 g/mol. The van der Waals surface area contributed by atoms with Crippen LogP contribution in [0.5, 0.6) is 17.2 Å². The standard InChI is InChI=1S/C21H26N2O4/c1-26-17-4-6-20(27-2)18(12-17)15-3-5-19(24)16(11-15)13-23-9-7-14(8-10-23)21(22)25/h3-6,11-12,14,24H,7-10,13H2,1-2H3,(H2,22,25). The van der Waals surface area contributed by atoms with Crippen molar-refractivity contribution in [1.82, 2.24) is 4.90 Å². The van der Waals surface area contributed by atoms with Gasteiger partial charge in [0.2, 0.25) is 5.91 Å². The second kappa shape index (κ2) is 8.31. The van der Waals surface area contributed by atoms with E-state index in [9.17, 15) is 9.90 Å². The molecule has 0 spiro atoms. The summed E-state index contributed by atoms with van der Waals surface area (Å²) >= 11 is 0. The average Bonchev–Trinajstić information content (AvgIpc) is 2.69. The van der Waals surface area contributed by atoms with E-state index in [0.717, 1.165) is 54.1 Å². The maximum Gasteiger partial charge on any atom is 0.220 e. The van der Waals surface area contributed by atoms with Gasteiger partial charge >= 0.3 is 0 Å². The molecule has 3 rings (SSSR count). The number of primary amides is 1. The first-order valence-electron chi connectivity index (χ1n) is 9.07. The van der Waals surface area contributed by atoms with Crippen LogP contribution >= 0.6 is 0 Å². The lowest BCUT2D eigenvalue weighted by Crippen LogP contribution is -2.38. The zero-order valence-electron chi connectivity index (χ0n) is 15.8. The maximum atomic E-state index is 11.3. The lowest BCUT2D eigenvalue weighted by atomic mass is 9.95. The third-order valence-corrected chi connectivity index (χ3v) is 5.18. The van der Waals surface area contributed by atoms with Gasteiger partial charge in [0, 0.05) is 23.6 Å². The van der Waals surface area contributed by atoms with Crippen molar-refractivity contribution in [3.8, 4) is 28.4 Å². The molecule has 1 aliphatic rings. The van der Waals surface area contributed by atoms with Crippen LogP contribution in [0.15, 0.2) is 36.4 Å². The molecule has 2 aromatic rings. The Morgan fingerprint density at radius 3 is 2.52 bits per heavy atom. The number of aromatic hydroxyl groups is 1. The number of hydrogen-bond acceptors (Lipinski definition) is 5. The van der Waals surface area contributed by atoms with Crippen LogP contribution in [0.3, 0.4) is 0 Å². The molecule has 27 heavy (non-hydrogen) atoms. The van der Waals surface area contributed by atoms with Gasteiger partial charge in [-0.15, -0.1) is 0 Å². The SMILES string of the molecule is COc1ccc(OC)c(-c2ccc(O)c(CN3CCC(C(N)=O)CC3)c2)c1. The molecule has 3 N–H and O–H groups in total. The molecular formula is C21H26N2O4. The molecule has 0 saturated carbocycles. The third-order valence-electron chi connectivity index (χ3n) is 5.18. The first kappa shape index (κ1) is 19.0. The molecule has 0 atom stereocenters. The van der Waals surface area contributed by atoms with Gasteiger partial charge in [-0.1, -0.05) is 6.07 Å². The minimum atomic E-state index is -0.218. The molecule has 2 aromatic carbocycles. The van der Waals surface area contributed by atoms with Crippen molar-refractivity contribution in [2.45, 2.75) is 19.4 Å². The summed E-state index contributed by atoms with van der Waals surface area (Å²) < 4.78 is 10.8. The molecule has 1 heterocycles. The Bertz CT molecular complexity index is 814. The van der Waals surface area contributed by atoms with Crippen molar-refractivity contribution in [3.63, 3.8) is 0 Å². The van der Waals surface area contributed by atoms with Crippen molar-refractivity contribution in [2.75, 3.05) is 27.3 Å². The Morgan fingerprint density at radius 2 is 1.89 bits per heavy atom. The van der Waals surface area contributed by atoms with E-state index in [4.69, 9.17) is 15.2 Å². The normalized spacial score (nSPS) is 15.5. The van der Waals surface area contributed by atoms with E-state index in [-0.39, 0.29) is 17.6 Å². The Hall–Kier alpha value is -2.73. The molecule has 6 nitrogen and oxygen atoms in total. The second-order valence-electron chi connectivity index (χ2n) is 6.86. The van der Waals surface area contributed by atoms with Crippen molar-refractivity contribution in [1.29, 1.82) is 0 Å². The Kier molecular flexibility index (Phi) is 5.86. The number of likely N-dealkylation sites (tertiary alicyclic amines) is 1. The number of benzene rings is 2. The third kappa shape index (κ3) is 4.34. The molecule has 1 fully saturated rings. The minimum Gasteiger partial charge on any atom is -0.508 e. The molecule has 1 aliphatic heterocycles. The zero-order chi connectivity index (χ0) is 19.4. The highest BCUT2D eigenvalue weighted by atomic mass is 16.5. The van der Waals surface area contributed by atoms with E-state index in [0.29, 0.717) is 6.54 Å². The van der Waals surface area contributed by atoms with Crippen LogP contribution in [0.25, 0.3) is 11.1 Å². The van der Waals surface area contributed by atoms with Crippen LogP contribution < -0.4 is 15.2 Å². The number of methoxy groups -OCH3 is 2. The highest BCUT2D eigenvalue weighted by molar-refractivity contribution is 5.76. The fourth-order valence-corrected chi connectivity index (χ4v) is 3.54. The zero-order valence-corrected chi connectivity index (χ0v) is 15.8. The number of rotatable bonds is 6. The maximum absolute atomic E-state index is 11.3. The highest BCUT2D eigenvalue weighted by Gasteiger charge is 2.23. The molecule has 0 aromatic heterocycles. The van der Waals surface area contributed by atoms with Crippen LogP contribution in [0.1, 0.15) is 18.4 Å². The summed E-state index contributed by atoms with van der Waals surface area (Å²) in [5.74, 6) is 1.49. The fraction of sp³-hybridized carbons (Fsp3) is 0.381. The number of amides is 1. The van der Waals surface area contributed by atoms with Gasteiger partial charge in [-0.2, -0.15) is 0 Å². The summed E-state index contributed by atoms with van der Waals surface area (Å²) in [5, 5.41) is 10.3. The highest BCUT2D eigenvalue weighted by Crippen LogP contribution is 2.36. The summed E-state index contributed by atoms with van der Waals surface area (Å²) in [7, 11) is 3.26. The Balaban J connectivity index is 1.82. The van der Waals surface area contributed by atoms with Crippen molar-refractivity contribution in [2.24, 2.45) is 11.7 Å². The van der Waals surface area contributed by atoms with Crippen LogP contribution in [0.4, 0.5) is 0 Å². The van der Waals surface area contributed by atoms with Crippen molar-refractivity contribution < 1.29 is 19.4 Å². The number of nitrogens with zero attached hydrogens (tertiary/aromatic N) is 1. The first-order chi connectivity index (χ1) is 13.0. The van der Waals surface area contributed by atoms with Gasteiger partial charge in [-0.05, 0) is 61.8 Å². The molecule has 0 radical (unpaired) electrons. The predicted octanol–water partition coefficient (Wildman–Crippen LogP) is 2.77. The van der Waals surface area contributed by atoms with Gasteiger partial charge in [-0.3, -0.25) is 9.69 Å². The van der Waals surface area contributed by atoms with E-state index in [2.05, 4.69) is 4.90 Å². The number of nitrogens with two attached hydrogens (primary N) is 1. The number of ether oxygens (including phenoxy) is 2. The van der Waals surface area contributed by atoms with Gasteiger partial charge in [0.15, 0.2) is 0 Å². The molecule has 0 aliphatic carbocycles. The summed E-state index contributed by atoms with van der Waals surface area (Å²) in [5.41, 5.74) is 8.11. The molecule has 0 unspecified atom stereocenters. The lowest BCUT2D eigenvalue weighted by Gasteiger charge is -2.30. The van der Waals surface area contributed by atoms with Crippen molar-refractivity contribution in [3.05, 3.63) is 42.0 Å². The van der Waals surface area contributed by atoms with E-state index in [1.54, 1.807) is 20.3 Å². The second-order valence-corrected chi connectivity index (χ2v) is 6.86.